The van der Waals surface area contributed by atoms with E-state index < -0.39 is 11.5 Å². The molecule has 0 unspecified atom stereocenters. The second kappa shape index (κ2) is 8.12. The van der Waals surface area contributed by atoms with Gasteiger partial charge in [-0.2, -0.15) is 0 Å². The molecule has 0 saturated carbocycles. The predicted molar refractivity (Wildman–Crippen MR) is 70.6 cm³/mol. The minimum Gasteiger partial charge on any atom is -0.389 e. The highest BCUT2D eigenvalue weighted by molar-refractivity contribution is 6.22. The van der Waals surface area contributed by atoms with Crippen LogP contribution in [-0.4, -0.2) is 42.5 Å². The van der Waals surface area contributed by atoms with Crippen molar-refractivity contribution >= 4 is 11.6 Å². The summed E-state index contributed by atoms with van der Waals surface area (Å²) in [5.41, 5.74) is 0.998. The first kappa shape index (κ1) is 15.9. The first-order valence-corrected chi connectivity index (χ1v) is 6.88. The van der Waals surface area contributed by atoms with Gasteiger partial charge in [0, 0.05) is 0 Å². The van der Waals surface area contributed by atoms with Crippen molar-refractivity contribution in [3.8, 4) is 0 Å². The Hall–Kier alpha value is -0.130. The molecule has 0 bridgehead atoms. The molecule has 1 aliphatic rings. The molecule has 0 aromatic rings. The molecule has 4 nitrogen and oxygen atoms in total. The minimum absolute atomic E-state index is 0.163. The molecule has 106 valence electrons. The largest absolute Gasteiger partial charge is 0.389 e. The molecule has 5 heteroatoms. The molecule has 1 aliphatic carbocycles. The van der Waals surface area contributed by atoms with E-state index in [1.165, 1.54) is 7.11 Å². The second-order valence-electron chi connectivity index (χ2n) is 4.51. The highest BCUT2D eigenvalue weighted by atomic mass is 35.5. The summed E-state index contributed by atoms with van der Waals surface area (Å²) in [7, 11) is 1.47. The van der Waals surface area contributed by atoms with E-state index in [-0.39, 0.29) is 12.2 Å². The van der Waals surface area contributed by atoms with Crippen LogP contribution in [0.2, 0.25) is 0 Å². The Kier molecular flexibility index (Phi) is 7.19. The van der Waals surface area contributed by atoms with Crippen molar-refractivity contribution in [3.05, 3.63) is 11.6 Å². The van der Waals surface area contributed by atoms with Crippen LogP contribution in [0.4, 0.5) is 0 Å². The lowest BCUT2D eigenvalue weighted by molar-refractivity contribution is -0.266. The van der Waals surface area contributed by atoms with E-state index in [1.54, 1.807) is 0 Å². The van der Waals surface area contributed by atoms with Crippen LogP contribution in [0.1, 0.15) is 33.1 Å². The lowest BCUT2D eigenvalue weighted by atomic mass is 9.94. The average Bonchev–Trinajstić information content (AvgIpc) is 2.38. The van der Waals surface area contributed by atoms with E-state index in [0.29, 0.717) is 13.0 Å². The molecule has 0 fully saturated rings. The Balaban J connectivity index is 2.60. The molecule has 0 saturated heterocycles. The van der Waals surface area contributed by atoms with Crippen molar-refractivity contribution in [1.29, 1.82) is 0 Å². The third kappa shape index (κ3) is 4.52. The number of rotatable bonds is 7. The first-order valence-electron chi connectivity index (χ1n) is 6.45. The van der Waals surface area contributed by atoms with E-state index >= 15 is 0 Å². The Labute approximate surface area is 114 Å². The Morgan fingerprint density at radius 3 is 2.67 bits per heavy atom. The van der Waals surface area contributed by atoms with Crippen LogP contribution >= 0.6 is 11.6 Å². The third-order valence-corrected chi connectivity index (χ3v) is 3.59. The van der Waals surface area contributed by atoms with Crippen LogP contribution in [-0.2, 0) is 14.5 Å². The highest BCUT2D eigenvalue weighted by Crippen LogP contribution is 2.27. The minimum atomic E-state index is -0.668. The molecule has 0 radical (unpaired) electrons. The van der Waals surface area contributed by atoms with Gasteiger partial charge in [-0.15, -0.1) is 11.6 Å². The van der Waals surface area contributed by atoms with E-state index in [2.05, 4.69) is 18.7 Å². The normalized spacial score (nSPS) is 28.6. The third-order valence-electron chi connectivity index (χ3n) is 3.21. The lowest BCUT2D eigenvalue weighted by Crippen LogP contribution is -2.41. The van der Waals surface area contributed by atoms with Crippen molar-refractivity contribution in [2.24, 2.45) is 0 Å². The fourth-order valence-electron chi connectivity index (χ4n) is 2.07. The second-order valence-corrected chi connectivity index (χ2v) is 5.01. The summed E-state index contributed by atoms with van der Waals surface area (Å²) in [5.74, 6) is 0. The van der Waals surface area contributed by atoms with E-state index in [1.807, 2.05) is 6.08 Å². The number of halogens is 1. The van der Waals surface area contributed by atoms with Gasteiger partial charge in [-0.05, 0) is 24.8 Å². The number of hydrogen-bond donors (Lipinski definition) is 1. The molecular formula is C13H23ClO4. The molecular weight excluding hydrogens is 256 g/mol. The van der Waals surface area contributed by atoms with Gasteiger partial charge in [0.05, 0.1) is 24.7 Å². The molecule has 0 aromatic heterocycles. The topological polar surface area (TPSA) is 47.9 Å². The summed E-state index contributed by atoms with van der Waals surface area (Å²) in [4.78, 5) is 9.48. The summed E-state index contributed by atoms with van der Waals surface area (Å²) in [6.07, 6.45) is 3.54. The zero-order valence-electron chi connectivity index (χ0n) is 11.3. The quantitative estimate of drug-likeness (QED) is 0.336. The van der Waals surface area contributed by atoms with E-state index in [4.69, 9.17) is 21.2 Å². The lowest BCUT2D eigenvalue weighted by Gasteiger charge is -2.33. The maximum Gasteiger partial charge on any atom is 0.103 e. The van der Waals surface area contributed by atoms with Gasteiger partial charge in [-0.3, -0.25) is 0 Å². The van der Waals surface area contributed by atoms with Crippen molar-refractivity contribution < 1.29 is 19.6 Å². The van der Waals surface area contributed by atoms with Gasteiger partial charge >= 0.3 is 0 Å². The molecule has 1 rings (SSSR count). The number of aliphatic hydroxyl groups is 1. The molecule has 1 N–H and O–H groups in total. The zero-order chi connectivity index (χ0) is 13.5. The van der Waals surface area contributed by atoms with E-state index in [9.17, 15) is 5.11 Å². The van der Waals surface area contributed by atoms with Gasteiger partial charge in [0.15, 0.2) is 0 Å². The standard InChI is InChI=1S/C13H23ClO4/c1-4-10(5-2)18-12-7-9(8-17-16-3)6-11(14)13(12)15/h6,10-13,15H,4-5,7-8H2,1-3H3/t11-,12-,13+/m1/s1. The Bertz CT molecular complexity index is 266. The van der Waals surface area contributed by atoms with Gasteiger partial charge in [-0.25, -0.2) is 9.78 Å². The molecule has 0 aromatic carbocycles. The molecule has 0 spiro atoms. The monoisotopic (exact) mass is 278 g/mol. The van der Waals surface area contributed by atoms with Crippen LogP contribution < -0.4 is 0 Å². The van der Waals surface area contributed by atoms with Crippen molar-refractivity contribution in [2.45, 2.75) is 56.8 Å². The predicted octanol–water partition coefficient (Wildman–Crippen LogP) is 2.44. The number of hydrogen-bond acceptors (Lipinski definition) is 4. The summed E-state index contributed by atoms with van der Waals surface area (Å²) in [6.45, 7) is 4.51. The van der Waals surface area contributed by atoms with Crippen LogP contribution in [0.3, 0.4) is 0 Å². The summed E-state index contributed by atoms with van der Waals surface area (Å²) >= 11 is 6.10. The van der Waals surface area contributed by atoms with Crippen LogP contribution in [0, 0.1) is 0 Å². The number of alkyl halides is 1. The zero-order valence-corrected chi connectivity index (χ0v) is 12.0. The van der Waals surface area contributed by atoms with Crippen LogP contribution in [0.25, 0.3) is 0 Å². The fraction of sp³-hybridized carbons (Fsp3) is 0.846. The van der Waals surface area contributed by atoms with Crippen LogP contribution in [0.5, 0.6) is 0 Å². The van der Waals surface area contributed by atoms with Gasteiger partial charge in [-0.1, -0.05) is 19.9 Å². The number of ether oxygens (including phenoxy) is 1. The van der Waals surface area contributed by atoms with Crippen molar-refractivity contribution in [2.75, 3.05) is 13.7 Å². The van der Waals surface area contributed by atoms with Crippen molar-refractivity contribution in [1.82, 2.24) is 0 Å². The summed E-state index contributed by atoms with van der Waals surface area (Å²) < 4.78 is 5.91. The Morgan fingerprint density at radius 2 is 2.11 bits per heavy atom. The number of aliphatic hydroxyl groups excluding tert-OH is 1. The van der Waals surface area contributed by atoms with Gasteiger partial charge in [0.2, 0.25) is 0 Å². The average molecular weight is 279 g/mol. The molecule has 18 heavy (non-hydrogen) atoms. The maximum atomic E-state index is 10.0. The highest BCUT2D eigenvalue weighted by Gasteiger charge is 2.32. The smallest absolute Gasteiger partial charge is 0.103 e. The van der Waals surface area contributed by atoms with Crippen LogP contribution in [0.15, 0.2) is 11.6 Å². The fourth-order valence-corrected chi connectivity index (χ4v) is 2.42. The van der Waals surface area contributed by atoms with Crippen molar-refractivity contribution in [3.63, 3.8) is 0 Å². The molecule has 0 heterocycles. The van der Waals surface area contributed by atoms with Gasteiger partial charge < -0.3 is 9.84 Å². The van der Waals surface area contributed by atoms with Gasteiger partial charge in [0.1, 0.15) is 12.7 Å². The SMILES string of the molecule is CCC(CC)O[C@@H]1CC(COOC)=C[C@@H](Cl)[C@@H]1O. The molecule has 0 aliphatic heterocycles. The molecule has 0 amide bonds. The van der Waals surface area contributed by atoms with Gasteiger partial charge in [0.25, 0.3) is 0 Å². The first-order chi connectivity index (χ1) is 8.62. The van der Waals surface area contributed by atoms with E-state index in [0.717, 1.165) is 18.4 Å². The Morgan fingerprint density at radius 1 is 1.44 bits per heavy atom. The molecule has 3 atom stereocenters. The maximum absolute atomic E-state index is 10.0. The summed E-state index contributed by atoms with van der Waals surface area (Å²) in [6, 6.07) is 0. The summed E-state index contributed by atoms with van der Waals surface area (Å²) in [5, 5.41) is 9.61.